The average molecular weight is 517 g/mol. The van der Waals surface area contributed by atoms with Gasteiger partial charge in [-0.05, 0) is 104 Å². The summed E-state index contributed by atoms with van der Waals surface area (Å²) >= 11 is 0. The molecule has 10 unspecified atom stereocenters. The van der Waals surface area contributed by atoms with Crippen LogP contribution in [0.5, 0.6) is 0 Å². The molecular weight excluding hydrogens is 464 g/mol. The Morgan fingerprint density at radius 2 is 1.65 bits per heavy atom. The van der Waals surface area contributed by atoms with Crippen LogP contribution in [0.4, 0.5) is 0 Å². The maximum absolute atomic E-state index is 13.4. The molecule has 37 heavy (non-hydrogen) atoms. The van der Waals surface area contributed by atoms with Crippen molar-refractivity contribution in [1.82, 2.24) is 0 Å². The van der Waals surface area contributed by atoms with Gasteiger partial charge in [0.2, 0.25) is 0 Å². The lowest BCUT2D eigenvalue weighted by Crippen LogP contribution is -2.67. The molecule has 0 aromatic rings. The van der Waals surface area contributed by atoms with Gasteiger partial charge in [0.15, 0.2) is 0 Å². The number of ether oxygens (including phenoxy) is 1. The van der Waals surface area contributed by atoms with Crippen LogP contribution >= 0.6 is 0 Å². The molecule has 0 aromatic carbocycles. The molecule has 0 saturated heterocycles. The van der Waals surface area contributed by atoms with Crippen LogP contribution in [0.25, 0.3) is 0 Å². The molecule has 0 amide bonds. The lowest BCUT2D eigenvalue weighted by Gasteiger charge is -2.71. The Bertz CT molecular complexity index is 972. The highest BCUT2D eigenvalue weighted by molar-refractivity contribution is 5.78. The average Bonchev–Trinajstić information content (AvgIpc) is 2.82. The van der Waals surface area contributed by atoms with Crippen LogP contribution in [0.3, 0.4) is 0 Å². The molecule has 0 heterocycles. The summed E-state index contributed by atoms with van der Waals surface area (Å²) in [5.74, 6) is 0.857. The maximum Gasteiger partial charge on any atom is 0.312 e. The quantitative estimate of drug-likeness (QED) is 0.333. The smallest absolute Gasteiger partial charge is 0.312 e. The van der Waals surface area contributed by atoms with Crippen molar-refractivity contribution in [3.63, 3.8) is 0 Å². The number of aliphatic hydroxyl groups is 3. The Morgan fingerprint density at radius 3 is 2.30 bits per heavy atom. The Labute approximate surface area is 224 Å². The number of carbonyl (C=O) groups is 1. The molecule has 0 bridgehead atoms. The number of aliphatic hydroxyl groups excluding tert-OH is 3. The number of fused-ring (bicyclic) bond motifs is 7. The van der Waals surface area contributed by atoms with E-state index < -0.39 is 23.0 Å². The van der Waals surface area contributed by atoms with E-state index in [1.165, 1.54) is 5.57 Å². The minimum absolute atomic E-state index is 0.00605. The molecule has 0 aliphatic heterocycles. The fourth-order valence-electron chi connectivity index (χ4n) is 11.3. The molecular formula is C32H52O5. The van der Waals surface area contributed by atoms with Gasteiger partial charge in [-0.1, -0.05) is 53.2 Å². The summed E-state index contributed by atoms with van der Waals surface area (Å²) in [6, 6.07) is 0. The number of hydrogen-bond donors (Lipinski definition) is 3. The molecule has 10 atom stereocenters. The van der Waals surface area contributed by atoms with Gasteiger partial charge in [-0.15, -0.1) is 0 Å². The minimum atomic E-state index is -0.799. The van der Waals surface area contributed by atoms with Crippen LogP contribution in [0.1, 0.15) is 106 Å². The maximum atomic E-state index is 13.4. The number of carbonyl (C=O) groups excluding carboxylic acids is 1. The van der Waals surface area contributed by atoms with E-state index in [0.29, 0.717) is 18.8 Å². The number of rotatable bonds is 3. The van der Waals surface area contributed by atoms with Gasteiger partial charge < -0.3 is 20.1 Å². The molecule has 0 aromatic heterocycles. The van der Waals surface area contributed by atoms with Gasteiger partial charge in [0.05, 0.1) is 24.7 Å². The zero-order valence-electron chi connectivity index (χ0n) is 24.4. The van der Waals surface area contributed by atoms with E-state index in [2.05, 4.69) is 47.6 Å². The zero-order valence-corrected chi connectivity index (χ0v) is 24.4. The van der Waals surface area contributed by atoms with E-state index in [1.54, 1.807) is 7.11 Å². The normalized spacial score (nSPS) is 52.6. The van der Waals surface area contributed by atoms with Crippen molar-refractivity contribution in [3.05, 3.63) is 11.6 Å². The lowest BCUT2D eigenvalue weighted by atomic mass is 9.33. The predicted octanol–water partition coefficient (Wildman–Crippen LogP) is 5.66. The van der Waals surface area contributed by atoms with Gasteiger partial charge in [-0.3, -0.25) is 4.79 Å². The van der Waals surface area contributed by atoms with E-state index in [4.69, 9.17) is 4.74 Å². The Hall–Kier alpha value is -0.910. The first-order valence-corrected chi connectivity index (χ1v) is 14.9. The van der Waals surface area contributed by atoms with Gasteiger partial charge in [0.25, 0.3) is 0 Å². The number of hydrogen-bond acceptors (Lipinski definition) is 5. The lowest BCUT2D eigenvalue weighted by molar-refractivity contribution is -0.239. The van der Waals surface area contributed by atoms with Gasteiger partial charge in [-0.2, -0.15) is 0 Å². The van der Waals surface area contributed by atoms with E-state index in [0.717, 1.165) is 51.4 Å². The molecule has 5 rings (SSSR count). The number of allylic oxidation sites excluding steroid dienone is 2. The Kier molecular flexibility index (Phi) is 6.38. The predicted molar refractivity (Wildman–Crippen MR) is 144 cm³/mol. The minimum Gasteiger partial charge on any atom is -0.469 e. The molecule has 3 N–H and O–H groups in total. The Balaban J connectivity index is 1.60. The largest absolute Gasteiger partial charge is 0.469 e. The number of methoxy groups -OCH3 is 1. The monoisotopic (exact) mass is 516 g/mol. The summed E-state index contributed by atoms with van der Waals surface area (Å²) < 4.78 is 5.48. The fourth-order valence-corrected chi connectivity index (χ4v) is 11.3. The van der Waals surface area contributed by atoms with Crippen molar-refractivity contribution in [2.24, 2.45) is 50.2 Å². The van der Waals surface area contributed by atoms with Crippen LogP contribution in [0, 0.1) is 50.2 Å². The zero-order chi connectivity index (χ0) is 27.2. The van der Waals surface area contributed by atoms with Crippen molar-refractivity contribution in [1.29, 1.82) is 0 Å². The third kappa shape index (κ3) is 3.48. The van der Waals surface area contributed by atoms with Crippen molar-refractivity contribution in [2.45, 2.75) is 118 Å². The molecule has 4 saturated carbocycles. The molecule has 5 heteroatoms. The Morgan fingerprint density at radius 1 is 0.973 bits per heavy atom. The third-order valence-corrected chi connectivity index (χ3v) is 13.6. The number of esters is 1. The highest BCUT2D eigenvalue weighted by Crippen LogP contribution is 2.76. The summed E-state index contributed by atoms with van der Waals surface area (Å²) in [5.41, 5.74) is 0.745. The summed E-state index contributed by atoms with van der Waals surface area (Å²) in [6.07, 6.45) is 10.0. The van der Waals surface area contributed by atoms with Crippen molar-refractivity contribution >= 4 is 5.97 Å². The topological polar surface area (TPSA) is 87.0 Å². The van der Waals surface area contributed by atoms with Gasteiger partial charge in [-0.25, -0.2) is 0 Å². The third-order valence-electron chi connectivity index (χ3n) is 13.6. The second-order valence-corrected chi connectivity index (χ2v) is 15.6. The van der Waals surface area contributed by atoms with Crippen molar-refractivity contribution < 1.29 is 24.9 Å². The highest BCUT2D eigenvalue weighted by atomic mass is 16.5. The fraction of sp³-hybridized carbons (Fsp3) is 0.906. The summed E-state index contributed by atoms with van der Waals surface area (Å²) in [7, 11) is 1.56. The van der Waals surface area contributed by atoms with E-state index in [9.17, 15) is 20.1 Å². The first kappa shape index (κ1) is 27.6. The second kappa shape index (κ2) is 8.54. The first-order chi connectivity index (χ1) is 17.2. The van der Waals surface area contributed by atoms with Gasteiger partial charge >= 0.3 is 5.97 Å². The van der Waals surface area contributed by atoms with E-state index in [1.807, 2.05) is 0 Å². The summed E-state index contributed by atoms with van der Waals surface area (Å²) in [5, 5.41) is 32.2. The summed E-state index contributed by atoms with van der Waals surface area (Å²) in [6.45, 7) is 14.2. The highest BCUT2D eigenvalue weighted by Gasteiger charge is 2.70. The van der Waals surface area contributed by atoms with E-state index >= 15 is 0 Å². The van der Waals surface area contributed by atoms with Crippen LogP contribution in [-0.2, 0) is 9.53 Å². The van der Waals surface area contributed by atoms with Crippen LogP contribution in [-0.4, -0.2) is 47.2 Å². The molecule has 4 fully saturated rings. The van der Waals surface area contributed by atoms with Crippen LogP contribution in [0.15, 0.2) is 11.6 Å². The standard InChI is InChI=1S/C32H52O5/c1-27(2)12-14-32(26(36)37-7)15-13-30(5)20(21(32)18-27)8-9-24-29(4)19-22(34)25(35)28(3,16-17-33)23(29)10-11-31(24,30)6/h8,21-25,33-35H,9-19H2,1-7H3. The molecule has 5 aliphatic carbocycles. The molecule has 210 valence electrons. The van der Waals surface area contributed by atoms with E-state index in [-0.39, 0.29) is 46.1 Å². The van der Waals surface area contributed by atoms with Gasteiger partial charge in [0, 0.05) is 12.0 Å². The van der Waals surface area contributed by atoms with Crippen LogP contribution in [0.2, 0.25) is 0 Å². The van der Waals surface area contributed by atoms with Crippen LogP contribution < -0.4 is 0 Å². The van der Waals surface area contributed by atoms with Gasteiger partial charge in [0.1, 0.15) is 0 Å². The molecule has 5 nitrogen and oxygen atoms in total. The molecule has 5 aliphatic rings. The molecule has 0 spiro atoms. The first-order valence-electron chi connectivity index (χ1n) is 14.9. The second-order valence-electron chi connectivity index (χ2n) is 15.6. The SMILES string of the molecule is COC(=O)C12CCC(C)(C)CC1C1=CCC3C4(C)CC(O)C(O)C(C)(CCO)C4CCC3(C)C1(C)CC2. The van der Waals surface area contributed by atoms with Crippen molar-refractivity contribution in [2.75, 3.05) is 13.7 Å². The molecule has 0 radical (unpaired) electrons. The van der Waals surface area contributed by atoms with Crippen molar-refractivity contribution in [3.8, 4) is 0 Å². The summed E-state index contributed by atoms with van der Waals surface area (Å²) in [4.78, 5) is 13.4.